The molecule has 1 spiro atoms. The van der Waals surface area contributed by atoms with E-state index in [0.717, 1.165) is 51.3 Å². The molecule has 1 aromatic rings. The van der Waals surface area contributed by atoms with E-state index in [1.807, 2.05) is 23.6 Å². The molecule has 132 valence electrons. The fraction of sp³-hybridized carbons (Fsp3) is 0.765. The Balaban J connectivity index is 1.58. The zero-order chi connectivity index (χ0) is 17.2. The van der Waals surface area contributed by atoms with Gasteiger partial charge in [-0.25, -0.2) is 4.98 Å². The van der Waals surface area contributed by atoms with E-state index in [-0.39, 0.29) is 17.2 Å². The first-order valence-electron chi connectivity index (χ1n) is 8.95. The van der Waals surface area contributed by atoms with Gasteiger partial charge in [0, 0.05) is 50.9 Å². The number of hydrogen-bond donors (Lipinski definition) is 1. The highest BCUT2D eigenvalue weighted by molar-refractivity contribution is 5.78. The van der Waals surface area contributed by atoms with Gasteiger partial charge in [-0.3, -0.25) is 14.7 Å². The van der Waals surface area contributed by atoms with E-state index in [9.17, 15) is 9.59 Å². The van der Waals surface area contributed by atoms with Gasteiger partial charge in [0.2, 0.25) is 11.8 Å². The number of H-pyrrole nitrogens is 1. The van der Waals surface area contributed by atoms with E-state index >= 15 is 0 Å². The van der Waals surface area contributed by atoms with Crippen molar-refractivity contribution in [3.63, 3.8) is 0 Å². The molecule has 3 rings (SSSR count). The average Bonchev–Trinajstić information content (AvgIpc) is 3.01. The minimum atomic E-state index is 0.0962. The molecule has 2 aliphatic rings. The Kier molecular flexibility index (Phi) is 4.87. The predicted octanol–water partition coefficient (Wildman–Crippen LogP) is 1.30. The summed E-state index contributed by atoms with van der Waals surface area (Å²) in [4.78, 5) is 32.8. The van der Waals surface area contributed by atoms with Crippen LogP contribution in [0.4, 0.5) is 0 Å². The molecule has 7 nitrogen and oxygen atoms in total. The second kappa shape index (κ2) is 6.91. The second-order valence-corrected chi connectivity index (χ2v) is 7.16. The van der Waals surface area contributed by atoms with Gasteiger partial charge in [-0.05, 0) is 33.1 Å². The number of carbonyl (C=O) groups excluding carboxylic acids is 2. The van der Waals surface area contributed by atoms with E-state index in [0.29, 0.717) is 25.1 Å². The van der Waals surface area contributed by atoms with E-state index in [4.69, 9.17) is 0 Å². The van der Waals surface area contributed by atoms with Crippen LogP contribution in [0.2, 0.25) is 0 Å². The fourth-order valence-corrected chi connectivity index (χ4v) is 4.02. The Labute approximate surface area is 142 Å². The van der Waals surface area contributed by atoms with E-state index < -0.39 is 0 Å². The molecular weight excluding hydrogens is 306 g/mol. The number of rotatable bonds is 4. The zero-order valence-electron chi connectivity index (χ0n) is 14.7. The number of aromatic amines is 1. The standard InChI is InChI=1S/C17H27N5O2/c1-3-21-11-17(9-7-16(21)24)8-4-10-22(12-17)15(23)6-5-14-18-13(2)19-20-14/h3-12H2,1-2H3,(H,18,19,20)/t17-/m0/s1. The van der Waals surface area contributed by atoms with Crippen LogP contribution in [-0.4, -0.2) is 63.0 Å². The van der Waals surface area contributed by atoms with Gasteiger partial charge >= 0.3 is 0 Å². The number of piperidine rings is 2. The highest BCUT2D eigenvalue weighted by Gasteiger charge is 2.42. The van der Waals surface area contributed by atoms with Crippen molar-refractivity contribution in [3.05, 3.63) is 11.6 Å². The van der Waals surface area contributed by atoms with Crippen molar-refractivity contribution >= 4 is 11.8 Å². The van der Waals surface area contributed by atoms with Gasteiger partial charge in [-0.2, -0.15) is 5.10 Å². The highest BCUT2D eigenvalue weighted by Crippen LogP contribution is 2.38. The molecule has 2 fully saturated rings. The van der Waals surface area contributed by atoms with Gasteiger partial charge in [0.1, 0.15) is 5.82 Å². The van der Waals surface area contributed by atoms with Gasteiger partial charge < -0.3 is 9.80 Å². The van der Waals surface area contributed by atoms with Crippen LogP contribution in [0, 0.1) is 12.3 Å². The van der Waals surface area contributed by atoms with Gasteiger partial charge in [0.25, 0.3) is 0 Å². The molecule has 0 unspecified atom stereocenters. The fourth-order valence-electron chi connectivity index (χ4n) is 4.02. The predicted molar refractivity (Wildman–Crippen MR) is 89.2 cm³/mol. The topological polar surface area (TPSA) is 82.2 Å². The molecule has 3 heterocycles. The third-order valence-electron chi connectivity index (χ3n) is 5.35. The van der Waals surface area contributed by atoms with Crippen LogP contribution >= 0.6 is 0 Å². The van der Waals surface area contributed by atoms with Crippen LogP contribution in [-0.2, 0) is 16.0 Å². The zero-order valence-corrected chi connectivity index (χ0v) is 14.7. The van der Waals surface area contributed by atoms with Crippen molar-refractivity contribution in [1.29, 1.82) is 0 Å². The summed E-state index contributed by atoms with van der Waals surface area (Å²) in [6, 6.07) is 0. The number of aromatic nitrogens is 3. The first kappa shape index (κ1) is 16.9. The van der Waals surface area contributed by atoms with Gasteiger partial charge in [-0.15, -0.1) is 0 Å². The SMILES string of the molecule is CCN1C[C@]2(CCCN(C(=O)CCc3n[nH]c(C)n3)C2)CCC1=O. The highest BCUT2D eigenvalue weighted by atomic mass is 16.2. The monoisotopic (exact) mass is 333 g/mol. The first-order valence-corrected chi connectivity index (χ1v) is 8.95. The van der Waals surface area contributed by atoms with Crippen molar-refractivity contribution in [3.8, 4) is 0 Å². The Morgan fingerprint density at radius 2 is 2.17 bits per heavy atom. The largest absolute Gasteiger partial charge is 0.342 e. The van der Waals surface area contributed by atoms with Crippen LogP contribution in [0.5, 0.6) is 0 Å². The normalized spacial score (nSPS) is 24.7. The molecule has 0 aliphatic carbocycles. The van der Waals surface area contributed by atoms with Gasteiger partial charge in [-0.1, -0.05) is 0 Å². The summed E-state index contributed by atoms with van der Waals surface area (Å²) in [5.41, 5.74) is 0.0962. The Morgan fingerprint density at radius 1 is 1.33 bits per heavy atom. The minimum Gasteiger partial charge on any atom is -0.342 e. The molecule has 7 heteroatoms. The Hall–Kier alpha value is -1.92. The van der Waals surface area contributed by atoms with Gasteiger partial charge in [0.05, 0.1) is 0 Å². The molecule has 1 aromatic heterocycles. The second-order valence-electron chi connectivity index (χ2n) is 7.16. The lowest BCUT2D eigenvalue weighted by Crippen LogP contribution is -2.55. The lowest BCUT2D eigenvalue weighted by Gasteiger charge is -2.48. The van der Waals surface area contributed by atoms with Crippen molar-refractivity contribution < 1.29 is 9.59 Å². The number of nitrogens with one attached hydrogen (secondary N) is 1. The maximum atomic E-state index is 12.6. The van der Waals surface area contributed by atoms with E-state index in [2.05, 4.69) is 15.2 Å². The number of carbonyl (C=O) groups is 2. The lowest BCUT2D eigenvalue weighted by atomic mass is 9.73. The summed E-state index contributed by atoms with van der Waals surface area (Å²) in [6.07, 6.45) is 4.69. The maximum absolute atomic E-state index is 12.6. The van der Waals surface area contributed by atoms with Crippen molar-refractivity contribution in [2.75, 3.05) is 26.2 Å². The molecule has 0 aromatic carbocycles. The molecule has 1 atom stereocenters. The molecule has 1 N–H and O–H groups in total. The van der Waals surface area contributed by atoms with Crippen molar-refractivity contribution in [2.24, 2.45) is 5.41 Å². The Bertz CT molecular complexity index is 614. The third kappa shape index (κ3) is 3.60. The summed E-state index contributed by atoms with van der Waals surface area (Å²) in [5, 5.41) is 6.90. The number of hydrogen-bond acceptors (Lipinski definition) is 4. The first-order chi connectivity index (χ1) is 11.5. The van der Waals surface area contributed by atoms with Crippen LogP contribution in [0.25, 0.3) is 0 Å². The average molecular weight is 333 g/mol. The number of amides is 2. The lowest BCUT2D eigenvalue weighted by molar-refractivity contribution is -0.142. The summed E-state index contributed by atoms with van der Waals surface area (Å²) >= 11 is 0. The summed E-state index contributed by atoms with van der Waals surface area (Å²) in [5.74, 6) is 1.91. The number of likely N-dealkylation sites (tertiary alicyclic amines) is 2. The van der Waals surface area contributed by atoms with Gasteiger partial charge in [0.15, 0.2) is 5.82 Å². The van der Waals surface area contributed by atoms with Crippen LogP contribution in [0.15, 0.2) is 0 Å². The third-order valence-corrected chi connectivity index (χ3v) is 5.35. The summed E-state index contributed by atoms with van der Waals surface area (Å²) in [6.45, 7) is 7.05. The van der Waals surface area contributed by atoms with E-state index in [1.165, 1.54) is 0 Å². The van der Waals surface area contributed by atoms with Crippen LogP contribution < -0.4 is 0 Å². The number of nitrogens with zero attached hydrogens (tertiary/aromatic N) is 4. The summed E-state index contributed by atoms with van der Waals surface area (Å²) < 4.78 is 0. The van der Waals surface area contributed by atoms with Crippen LogP contribution in [0.1, 0.15) is 50.7 Å². The molecule has 0 saturated carbocycles. The van der Waals surface area contributed by atoms with E-state index in [1.54, 1.807) is 0 Å². The minimum absolute atomic E-state index is 0.0962. The molecule has 2 saturated heterocycles. The molecule has 2 aliphatic heterocycles. The molecule has 2 amide bonds. The van der Waals surface area contributed by atoms with Crippen LogP contribution in [0.3, 0.4) is 0 Å². The molecular formula is C17H27N5O2. The smallest absolute Gasteiger partial charge is 0.223 e. The van der Waals surface area contributed by atoms with Crippen molar-refractivity contribution in [2.45, 2.75) is 52.4 Å². The quantitative estimate of drug-likeness (QED) is 0.900. The Morgan fingerprint density at radius 3 is 2.88 bits per heavy atom. The summed E-state index contributed by atoms with van der Waals surface area (Å²) in [7, 11) is 0. The van der Waals surface area contributed by atoms with Crippen molar-refractivity contribution in [1.82, 2.24) is 25.0 Å². The molecule has 24 heavy (non-hydrogen) atoms. The molecule has 0 bridgehead atoms. The number of aryl methyl sites for hydroxylation is 2. The molecule has 0 radical (unpaired) electrons. The maximum Gasteiger partial charge on any atom is 0.223 e.